The van der Waals surface area contributed by atoms with Gasteiger partial charge in [0.15, 0.2) is 0 Å². The summed E-state index contributed by atoms with van der Waals surface area (Å²) in [6, 6.07) is 0. The summed E-state index contributed by atoms with van der Waals surface area (Å²) in [6.45, 7) is 0. The summed E-state index contributed by atoms with van der Waals surface area (Å²) in [5.74, 6) is -2.88. The monoisotopic (exact) mass is 271 g/mol. The van der Waals surface area contributed by atoms with Gasteiger partial charge in [-0.1, -0.05) is 12.8 Å². The Morgan fingerprint density at radius 2 is 1.82 bits per heavy atom. The predicted molar refractivity (Wildman–Crippen MR) is 55.5 cm³/mol. The first-order chi connectivity index (χ1) is 7.75. The van der Waals surface area contributed by atoms with E-state index in [0.29, 0.717) is 12.8 Å². The van der Waals surface area contributed by atoms with Gasteiger partial charge in [-0.3, -0.25) is 4.79 Å². The molecular weight excluding hydrogens is 259 g/mol. The Balaban J connectivity index is 2.51. The number of thioether (sulfide) groups is 1. The van der Waals surface area contributed by atoms with E-state index in [1.165, 1.54) is 0 Å². The average molecular weight is 271 g/mol. The second-order valence-corrected chi connectivity index (χ2v) is 4.92. The molecule has 1 rings (SSSR count). The highest BCUT2D eigenvalue weighted by Gasteiger charge is 2.43. The molecule has 98 valence electrons. The fourth-order valence-electron chi connectivity index (χ4n) is 1.82. The minimum Gasteiger partial charge on any atom is -0.480 e. The van der Waals surface area contributed by atoms with E-state index in [0.717, 1.165) is 0 Å². The molecule has 0 heterocycles. The van der Waals surface area contributed by atoms with Gasteiger partial charge in [-0.25, -0.2) is 4.79 Å². The molecule has 1 fully saturated rings. The van der Waals surface area contributed by atoms with E-state index in [4.69, 9.17) is 5.11 Å². The summed E-state index contributed by atoms with van der Waals surface area (Å²) in [4.78, 5) is 22.3. The highest BCUT2D eigenvalue weighted by Crippen LogP contribution is 2.32. The van der Waals surface area contributed by atoms with Crippen molar-refractivity contribution in [2.45, 2.75) is 36.7 Å². The Morgan fingerprint density at radius 1 is 1.29 bits per heavy atom. The number of hydrogen-bond acceptors (Lipinski definition) is 3. The van der Waals surface area contributed by atoms with Crippen molar-refractivity contribution >= 4 is 23.6 Å². The maximum absolute atomic E-state index is 11.9. The smallest absolute Gasteiger partial charge is 0.442 e. The van der Waals surface area contributed by atoms with Crippen LogP contribution in [0.5, 0.6) is 0 Å². The molecule has 8 heteroatoms. The van der Waals surface area contributed by atoms with Gasteiger partial charge in [-0.2, -0.15) is 13.2 Å². The first-order valence-electron chi connectivity index (χ1n) is 5.00. The normalized spacial score (nSPS) is 19.0. The molecule has 0 spiro atoms. The van der Waals surface area contributed by atoms with Crippen LogP contribution in [-0.4, -0.2) is 33.8 Å². The van der Waals surface area contributed by atoms with Crippen LogP contribution in [0.4, 0.5) is 13.2 Å². The van der Waals surface area contributed by atoms with Crippen molar-refractivity contribution in [3.05, 3.63) is 0 Å². The van der Waals surface area contributed by atoms with Gasteiger partial charge < -0.3 is 10.4 Å². The van der Waals surface area contributed by atoms with Crippen LogP contribution in [0.25, 0.3) is 0 Å². The Morgan fingerprint density at radius 3 is 2.24 bits per heavy atom. The van der Waals surface area contributed by atoms with Crippen LogP contribution in [0.15, 0.2) is 0 Å². The van der Waals surface area contributed by atoms with E-state index in [-0.39, 0.29) is 12.8 Å². The first-order valence-corrected chi connectivity index (χ1v) is 5.99. The van der Waals surface area contributed by atoms with Gasteiger partial charge in [0, 0.05) is 0 Å². The molecule has 2 N–H and O–H groups in total. The summed E-state index contributed by atoms with van der Waals surface area (Å²) in [7, 11) is 0. The van der Waals surface area contributed by atoms with Crippen molar-refractivity contribution < 1.29 is 27.9 Å². The van der Waals surface area contributed by atoms with Crippen LogP contribution in [0.1, 0.15) is 25.7 Å². The number of carbonyl (C=O) groups excluding carboxylic acids is 1. The molecule has 1 aliphatic carbocycles. The number of aliphatic carboxylic acids is 1. The lowest BCUT2D eigenvalue weighted by Gasteiger charge is -2.25. The zero-order chi connectivity index (χ0) is 13.1. The van der Waals surface area contributed by atoms with E-state index < -0.39 is 40.4 Å². The molecular formula is C9H12F3NO3S. The van der Waals surface area contributed by atoms with Crippen LogP contribution >= 0.6 is 11.8 Å². The molecule has 17 heavy (non-hydrogen) atoms. The molecule has 1 saturated carbocycles. The summed E-state index contributed by atoms with van der Waals surface area (Å²) >= 11 is -0.470. The number of carboxylic acids is 1. The molecule has 1 aliphatic rings. The van der Waals surface area contributed by atoms with E-state index in [9.17, 15) is 22.8 Å². The minimum atomic E-state index is -4.48. The number of alkyl halides is 3. The van der Waals surface area contributed by atoms with E-state index in [1.807, 2.05) is 0 Å². The first kappa shape index (κ1) is 14.1. The third-order valence-corrected chi connectivity index (χ3v) is 3.35. The van der Waals surface area contributed by atoms with Gasteiger partial charge in [0.25, 0.3) is 0 Å². The third kappa shape index (κ3) is 4.10. The lowest BCUT2D eigenvalue weighted by Crippen LogP contribution is -2.53. The maximum Gasteiger partial charge on any atom is 0.442 e. The van der Waals surface area contributed by atoms with Crippen molar-refractivity contribution in [1.82, 2.24) is 5.32 Å². The Labute approximate surface area is 99.9 Å². The van der Waals surface area contributed by atoms with Crippen LogP contribution in [0.3, 0.4) is 0 Å². The summed E-state index contributed by atoms with van der Waals surface area (Å²) in [6.07, 6.45) is 1.84. The van der Waals surface area contributed by atoms with Gasteiger partial charge in [0.05, 0.1) is 5.75 Å². The molecule has 0 saturated heterocycles. The van der Waals surface area contributed by atoms with Gasteiger partial charge >= 0.3 is 11.5 Å². The third-order valence-electron chi connectivity index (χ3n) is 2.61. The van der Waals surface area contributed by atoms with Crippen molar-refractivity contribution in [3.8, 4) is 0 Å². The second kappa shape index (κ2) is 5.16. The van der Waals surface area contributed by atoms with Crippen LogP contribution in [0, 0.1) is 0 Å². The number of carboxylic acid groups (broad SMARTS) is 1. The minimum absolute atomic E-state index is 0.269. The van der Waals surface area contributed by atoms with Crippen molar-refractivity contribution in [1.29, 1.82) is 0 Å². The van der Waals surface area contributed by atoms with E-state index in [2.05, 4.69) is 5.32 Å². The molecule has 0 unspecified atom stereocenters. The Kier molecular flexibility index (Phi) is 4.29. The standard InChI is InChI=1S/C9H12F3NO3S/c10-9(11,12)17-5-6(14)13-8(7(15)16)3-1-2-4-8/h1-5H2,(H,13,14)(H,15,16). The predicted octanol–water partition coefficient (Wildman–Crippen LogP) is 1.75. The molecule has 0 radical (unpaired) electrons. The van der Waals surface area contributed by atoms with Crippen LogP contribution in [0.2, 0.25) is 0 Å². The fraction of sp³-hybridized carbons (Fsp3) is 0.778. The zero-order valence-corrected chi connectivity index (χ0v) is 9.66. The number of rotatable bonds is 4. The lowest BCUT2D eigenvalue weighted by molar-refractivity contribution is -0.147. The Hall–Kier alpha value is -0.920. The highest BCUT2D eigenvalue weighted by molar-refractivity contribution is 8.00. The summed E-state index contributed by atoms with van der Waals surface area (Å²) in [5, 5.41) is 11.2. The van der Waals surface area contributed by atoms with Gasteiger partial charge in [0.1, 0.15) is 5.54 Å². The molecule has 0 bridgehead atoms. The number of nitrogens with one attached hydrogen (secondary N) is 1. The topological polar surface area (TPSA) is 66.4 Å². The van der Waals surface area contributed by atoms with Crippen molar-refractivity contribution in [2.24, 2.45) is 0 Å². The Bertz CT molecular complexity index is 313. The molecule has 0 aliphatic heterocycles. The van der Waals surface area contributed by atoms with Crippen LogP contribution in [-0.2, 0) is 9.59 Å². The molecule has 0 atom stereocenters. The number of hydrogen-bond donors (Lipinski definition) is 2. The van der Waals surface area contributed by atoms with E-state index >= 15 is 0 Å². The number of amides is 1. The molecule has 4 nitrogen and oxygen atoms in total. The summed E-state index contributed by atoms with van der Waals surface area (Å²) < 4.78 is 35.6. The lowest BCUT2D eigenvalue weighted by atomic mass is 9.98. The van der Waals surface area contributed by atoms with Crippen molar-refractivity contribution in [3.63, 3.8) is 0 Å². The zero-order valence-electron chi connectivity index (χ0n) is 8.84. The van der Waals surface area contributed by atoms with E-state index in [1.54, 1.807) is 0 Å². The SMILES string of the molecule is O=C(CSC(F)(F)F)NC1(C(=O)O)CCCC1. The maximum atomic E-state index is 11.9. The number of halogens is 3. The molecule has 0 aromatic carbocycles. The van der Waals surface area contributed by atoms with Gasteiger partial charge in [-0.15, -0.1) is 0 Å². The largest absolute Gasteiger partial charge is 0.480 e. The quantitative estimate of drug-likeness (QED) is 0.817. The highest BCUT2D eigenvalue weighted by atomic mass is 32.2. The molecule has 1 amide bonds. The van der Waals surface area contributed by atoms with Crippen LogP contribution < -0.4 is 5.32 Å². The van der Waals surface area contributed by atoms with Gasteiger partial charge in [-0.05, 0) is 24.6 Å². The van der Waals surface area contributed by atoms with Crippen molar-refractivity contribution in [2.75, 3.05) is 5.75 Å². The average Bonchev–Trinajstić information content (AvgIpc) is 2.63. The number of carbonyl (C=O) groups is 2. The fourth-order valence-corrected chi connectivity index (χ4v) is 2.19. The molecule has 0 aromatic rings. The van der Waals surface area contributed by atoms with Gasteiger partial charge in [0.2, 0.25) is 5.91 Å². The second-order valence-electron chi connectivity index (χ2n) is 3.88. The summed E-state index contributed by atoms with van der Waals surface area (Å²) in [5.41, 5.74) is -5.85. The molecule has 0 aromatic heterocycles.